The van der Waals surface area contributed by atoms with Crippen molar-refractivity contribution in [1.82, 2.24) is 5.32 Å². The number of hydrogen-bond acceptors (Lipinski definition) is 11. The lowest BCUT2D eigenvalue weighted by Crippen LogP contribution is -2.44. The fraction of sp³-hybridized carbons (Fsp3) is 0.455. The van der Waals surface area contributed by atoms with Gasteiger partial charge in [-0.3, -0.25) is 14.4 Å². The molecule has 2 atom stereocenters. The van der Waals surface area contributed by atoms with Crippen LogP contribution in [0.25, 0.3) is 0 Å². The molecule has 2 aromatic rings. The van der Waals surface area contributed by atoms with E-state index in [-0.39, 0.29) is 17.7 Å². The number of rotatable bonds is 8. The fourth-order valence-corrected chi connectivity index (χ4v) is 3.95. The van der Waals surface area contributed by atoms with Gasteiger partial charge >= 0.3 is 30.0 Å². The minimum Gasteiger partial charge on any atom is -0.481 e. The van der Waals surface area contributed by atoms with E-state index in [1.54, 1.807) is 71.9 Å². The number of alkyl carbamates (subject to hydrolysis) is 1. The second kappa shape index (κ2) is 20.4. The second-order valence-electron chi connectivity index (χ2n) is 12.3. The number of carbonyl (C=O) groups excluding carboxylic acids is 5. The maximum Gasteiger partial charge on any atom is 0.408 e. The molecular weight excluding hydrogens is 774 g/mol. The summed E-state index contributed by atoms with van der Waals surface area (Å²) >= 11 is 6.49. The number of esters is 3. The molecule has 0 aromatic heterocycles. The Morgan fingerprint density at radius 2 is 1.27 bits per heavy atom. The summed E-state index contributed by atoms with van der Waals surface area (Å²) in [6.07, 6.45) is -0.777. The van der Waals surface area contributed by atoms with Gasteiger partial charge in [-0.2, -0.15) is 0 Å². The maximum atomic E-state index is 12.2. The molecule has 0 aliphatic rings. The number of carboxylic acids is 1. The summed E-state index contributed by atoms with van der Waals surface area (Å²) < 4.78 is 20.7. The van der Waals surface area contributed by atoms with E-state index in [0.29, 0.717) is 15.7 Å². The summed E-state index contributed by atoms with van der Waals surface area (Å²) in [6, 6.07) is 8.96. The van der Waals surface area contributed by atoms with Gasteiger partial charge in [-0.1, -0.05) is 38.8 Å². The summed E-state index contributed by atoms with van der Waals surface area (Å²) in [6.45, 7) is 13.4. The first-order valence-corrected chi connectivity index (χ1v) is 16.3. The fourth-order valence-electron chi connectivity index (χ4n) is 3.23. The summed E-state index contributed by atoms with van der Waals surface area (Å²) in [5.74, 6) is -3.63. The monoisotopic (exact) mass is 817 g/mol. The predicted octanol–water partition coefficient (Wildman–Crippen LogP) is 6.34. The van der Waals surface area contributed by atoms with Crippen LogP contribution in [-0.4, -0.2) is 72.4 Å². The highest BCUT2D eigenvalue weighted by molar-refractivity contribution is 9.10. The molecule has 49 heavy (non-hydrogen) atoms. The molecule has 16 heteroatoms. The van der Waals surface area contributed by atoms with Crippen LogP contribution in [0.4, 0.5) is 16.2 Å². The first-order chi connectivity index (χ1) is 22.4. The third-order valence-corrected chi connectivity index (χ3v) is 6.49. The molecule has 0 saturated heterocycles. The zero-order chi connectivity index (χ0) is 38.3. The zero-order valence-corrected chi connectivity index (χ0v) is 32.4. The van der Waals surface area contributed by atoms with Crippen molar-refractivity contribution in [2.75, 3.05) is 25.3 Å². The highest BCUT2D eigenvalue weighted by atomic mass is 79.9. The van der Waals surface area contributed by atoms with Crippen molar-refractivity contribution in [3.05, 3.63) is 56.5 Å². The number of aliphatic carboxylic acids is 1. The minimum absolute atomic E-state index is 0.0768. The van der Waals surface area contributed by atoms with Gasteiger partial charge in [0.05, 0.1) is 43.4 Å². The van der Waals surface area contributed by atoms with Gasteiger partial charge in [0, 0.05) is 14.6 Å². The van der Waals surface area contributed by atoms with Crippen LogP contribution in [0, 0.1) is 5.92 Å². The SMILES string of the molecule is COC(=O)c1cc(Br)ccc1N.COC(=O)c1cc(Br)ccc1NC(=O)[C@@H](C)NC(=O)OC(C)(C)C.C[C@H](CC(=O)OC(C)(C)C)C(=O)O. The van der Waals surface area contributed by atoms with Crippen LogP contribution in [-0.2, 0) is 33.3 Å². The van der Waals surface area contributed by atoms with E-state index in [0.717, 1.165) is 4.47 Å². The van der Waals surface area contributed by atoms with Crippen molar-refractivity contribution in [2.24, 2.45) is 5.92 Å². The largest absolute Gasteiger partial charge is 0.481 e. The lowest BCUT2D eigenvalue weighted by Gasteiger charge is -2.22. The van der Waals surface area contributed by atoms with E-state index in [4.69, 9.17) is 25.1 Å². The maximum absolute atomic E-state index is 12.2. The van der Waals surface area contributed by atoms with Crippen molar-refractivity contribution in [3.63, 3.8) is 0 Å². The molecule has 0 heterocycles. The number of amides is 2. The number of hydrogen-bond donors (Lipinski definition) is 4. The van der Waals surface area contributed by atoms with Gasteiger partial charge < -0.3 is 40.4 Å². The Bertz CT molecular complexity index is 1490. The molecule has 0 fully saturated rings. The number of nitrogens with two attached hydrogens (primary N) is 1. The van der Waals surface area contributed by atoms with Crippen LogP contribution in [0.15, 0.2) is 45.3 Å². The molecule has 0 saturated carbocycles. The van der Waals surface area contributed by atoms with Gasteiger partial charge in [-0.05, 0) is 84.9 Å². The molecule has 0 radical (unpaired) electrons. The normalized spacial score (nSPS) is 11.8. The first-order valence-electron chi connectivity index (χ1n) is 14.7. The molecule has 272 valence electrons. The van der Waals surface area contributed by atoms with Crippen molar-refractivity contribution in [1.29, 1.82) is 0 Å². The topological polar surface area (TPSA) is 210 Å². The lowest BCUT2D eigenvalue weighted by molar-refractivity contribution is -0.159. The van der Waals surface area contributed by atoms with E-state index < -0.39 is 59.0 Å². The molecule has 0 unspecified atom stereocenters. The molecule has 5 N–H and O–H groups in total. The molecule has 0 aliphatic heterocycles. The Morgan fingerprint density at radius 3 is 1.73 bits per heavy atom. The molecule has 0 aliphatic carbocycles. The van der Waals surface area contributed by atoms with Gasteiger partial charge in [-0.15, -0.1) is 0 Å². The van der Waals surface area contributed by atoms with Crippen LogP contribution < -0.4 is 16.4 Å². The predicted molar refractivity (Wildman–Crippen MR) is 190 cm³/mol. The third kappa shape index (κ3) is 18.8. The molecule has 2 aromatic carbocycles. The van der Waals surface area contributed by atoms with Crippen LogP contribution >= 0.6 is 31.9 Å². The average Bonchev–Trinajstić information content (AvgIpc) is 2.96. The van der Waals surface area contributed by atoms with Crippen LogP contribution in [0.1, 0.15) is 82.5 Å². The summed E-state index contributed by atoms with van der Waals surface area (Å²) in [5.41, 5.74) is 5.62. The standard InChI is InChI=1S/C16H21BrN2O5.C9H16O4.C8H8BrNO2/c1-9(18-15(22)24-16(2,3)4)13(20)19-12-7-6-10(17)8-11(12)14(21)23-5;1-6(8(11)12)5-7(10)13-9(2,3)4;1-12-8(11)6-4-5(9)2-3-7(6)10/h6-9H,1-5H3,(H,18,22)(H,19,20);6H,5H2,1-4H3,(H,11,12);2-4H,10H2,1H3/t9-;6-;/m11./s1. The van der Waals surface area contributed by atoms with E-state index in [1.807, 2.05) is 0 Å². The number of benzene rings is 2. The smallest absolute Gasteiger partial charge is 0.408 e. The quantitative estimate of drug-likeness (QED) is 0.131. The first kappa shape index (κ1) is 44.8. The van der Waals surface area contributed by atoms with Crippen LogP contribution in [0.5, 0.6) is 0 Å². The van der Waals surface area contributed by atoms with Crippen molar-refractivity contribution >= 4 is 79.1 Å². The average molecular weight is 820 g/mol. The lowest BCUT2D eigenvalue weighted by atomic mass is 10.1. The Kier molecular flexibility index (Phi) is 18.6. The van der Waals surface area contributed by atoms with Gasteiger partial charge in [0.1, 0.15) is 17.2 Å². The van der Waals surface area contributed by atoms with Gasteiger partial charge in [0.25, 0.3) is 0 Å². The summed E-state index contributed by atoms with van der Waals surface area (Å²) in [5, 5.41) is 13.5. The summed E-state index contributed by atoms with van der Waals surface area (Å²) in [4.78, 5) is 68.2. The van der Waals surface area contributed by atoms with Gasteiger partial charge in [0.2, 0.25) is 5.91 Å². The number of halogens is 2. The van der Waals surface area contributed by atoms with Crippen LogP contribution in [0.2, 0.25) is 0 Å². The Labute approximate surface area is 303 Å². The Morgan fingerprint density at radius 1 is 0.796 bits per heavy atom. The number of methoxy groups -OCH3 is 2. The summed E-state index contributed by atoms with van der Waals surface area (Å²) in [7, 11) is 2.57. The number of nitrogen functional groups attached to an aromatic ring is 1. The highest BCUT2D eigenvalue weighted by Crippen LogP contribution is 2.22. The number of ether oxygens (including phenoxy) is 4. The van der Waals surface area contributed by atoms with Crippen molar-refractivity contribution < 1.29 is 52.8 Å². The number of carboxylic acid groups (broad SMARTS) is 1. The number of nitrogens with one attached hydrogen (secondary N) is 2. The zero-order valence-electron chi connectivity index (χ0n) is 29.2. The molecule has 2 amide bonds. The molecule has 14 nitrogen and oxygen atoms in total. The Balaban J connectivity index is 0.000000776. The molecule has 0 spiro atoms. The van der Waals surface area contributed by atoms with E-state index >= 15 is 0 Å². The highest BCUT2D eigenvalue weighted by Gasteiger charge is 2.23. The number of carbonyl (C=O) groups is 6. The second-order valence-corrected chi connectivity index (χ2v) is 14.1. The molecule has 2 rings (SSSR count). The molecular formula is C33H45Br2N3O11. The van der Waals surface area contributed by atoms with E-state index in [9.17, 15) is 28.8 Å². The number of anilines is 2. The Hall–Kier alpha value is -4.18. The minimum atomic E-state index is -0.981. The van der Waals surface area contributed by atoms with Gasteiger partial charge in [-0.25, -0.2) is 14.4 Å². The third-order valence-electron chi connectivity index (χ3n) is 5.51. The van der Waals surface area contributed by atoms with Crippen molar-refractivity contribution in [2.45, 2.75) is 79.1 Å². The van der Waals surface area contributed by atoms with Crippen LogP contribution in [0.3, 0.4) is 0 Å². The van der Waals surface area contributed by atoms with E-state index in [2.05, 4.69) is 47.2 Å². The van der Waals surface area contributed by atoms with Gasteiger partial charge in [0.15, 0.2) is 0 Å². The molecule has 0 bridgehead atoms. The van der Waals surface area contributed by atoms with Crippen molar-refractivity contribution in [3.8, 4) is 0 Å². The van der Waals surface area contributed by atoms with E-state index in [1.165, 1.54) is 34.1 Å².